The fourth-order valence-corrected chi connectivity index (χ4v) is 1.80. The van der Waals surface area contributed by atoms with E-state index in [1.807, 2.05) is 0 Å². The van der Waals surface area contributed by atoms with Crippen molar-refractivity contribution < 1.29 is 14.7 Å². The first kappa shape index (κ1) is 14.4. The zero-order valence-corrected chi connectivity index (χ0v) is 11.2. The molecular weight excluding hydrogens is 274 g/mol. The Morgan fingerprint density at radius 3 is 2.81 bits per heavy atom. The fraction of sp³-hybridized carbons (Fsp3) is 0.143. The number of rotatable bonds is 4. The van der Waals surface area contributed by atoms with E-state index >= 15 is 0 Å². The van der Waals surface area contributed by atoms with E-state index in [9.17, 15) is 14.4 Å². The van der Waals surface area contributed by atoms with E-state index in [0.29, 0.717) is 0 Å². The zero-order chi connectivity index (χ0) is 15.4. The van der Waals surface area contributed by atoms with Gasteiger partial charge in [-0.15, -0.1) is 0 Å². The molecule has 0 fully saturated rings. The van der Waals surface area contributed by atoms with Gasteiger partial charge >= 0.3 is 11.7 Å². The van der Waals surface area contributed by atoms with Crippen molar-refractivity contribution in [2.75, 3.05) is 5.32 Å². The van der Waals surface area contributed by atoms with E-state index in [-0.39, 0.29) is 17.8 Å². The molecule has 21 heavy (non-hydrogen) atoms. The number of benzene rings is 1. The van der Waals surface area contributed by atoms with Crippen molar-refractivity contribution in [2.24, 2.45) is 0 Å². The number of carboxylic acids is 1. The zero-order valence-electron chi connectivity index (χ0n) is 11.2. The number of hydrogen-bond donors (Lipinski definition) is 2. The van der Waals surface area contributed by atoms with Gasteiger partial charge in [-0.05, 0) is 25.1 Å². The fourth-order valence-electron chi connectivity index (χ4n) is 1.80. The molecule has 7 heteroatoms. The van der Waals surface area contributed by atoms with E-state index in [1.54, 1.807) is 13.0 Å². The minimum atomic E-state index is -1.13. The van der Waals surface area contributed by atoms with Gasteiger partial charge < -0.3 is 10.4 Å². The molecule has 0 spiro atoms. The van der Waals surface area contributed by atoms with E-state index in [2.05, 4.69) is 10.3 Å². The molecule has 1 amide bonds. The van der Waals surface area contributed by atoms with Crippen LogP contribution >= 0.6 is 0 Å². The molecule has 0 saturated carbocycles. The van der Waals surface area contributed by atoms with E-state index < -0.39 is 17.6 Å². The summed E-state index contributed by atoms with van der Waals surface area (Å²) in [6.07, 6.45) is 2.77. The Labute approximate surface area is 119 Å². The number of amides is 1. The molecular formula is C14H13N3O4. The lowest BCUT2D eigenvalue weighted by Gasteiger charge is -2.10. The number of nitrogens with zero attached hydrogens (tertiary/aromatic N) is 2. The van der Waals surface area contributed by atoms with Crippen molar-refractivity contribution >= 4 is 17.6 Å². The number of carbonyl (C=O) groups is 2. The second-order valence-electron chi connectivity index (χ2n) is 4.43. The van der Waals surface area contributed by atoms with Gasteiger partial charge in [0.25, 0.3) is 0 Å². The molecule has 2 N–H and O–H groups in total. The smallest absolute Gasteiger partial charge is 0.347 e. The van der Waals surface area contributed by atoms with Gasteiger partial charge in [0.1, 0.15) is 6.54 Å². The number of aromatic carboxylic acids is 1. The second kappa shape index (κ2) is 6.00. The van der Waals surface area contributed by atoms with Crippen LogP contribution in [0.25, 0.3) is 0 Å². The molecule has 108 valence electrons. The highest BCUT2D eigenvalue weighted by Gasteiger charge is 2.13. The molecule has 0 bridgehead atoms. The topological polar surface area (TPSA) is 101 Å². The van der Waals surface area contributed by atoms with Crippen LogP contribution in [0.3, 0.4) is 0 Å². The molecule has 0 aliphatic heterocycles. The summed E-state index contributed by atoms with van der Waals surface area (Å²) in [5, 5.41) is 11.6. The Hall–Kier alpha value is -2.96. The lowest BCUT2D eigenvalue weighted by molar-refractivity contribution is -0.116. The van der Waals surface area contributed by atoms with E-state index in [4.69, 9.17) is 5.11 Å². The van der Waals surface area contributed by atoms with Gasteiger partial charge in [-0.2, -0.15) is 0 Å². The summed E-state index contributed by atoms with van der Waals surface area (Å²) in [5.41, 5.74) is 0.417. The lowest BCUT2D eigenvalue weighted by atomic mass is 10.1. The normalized spacial score (nSPS) is 10.1. The highest BCUT2D eigenvalue weighted by molar-refractivity contribution is 6.00. The molecule has 1 aromatic carbocycles. The molecule has 0 atom stereocenters. The second-order valence-corrected chi connectivity index (χ2v) is 4.43. The Morgan fingerprint density at radius 2 is 2.14 bits per heavy atom. The maximum atomic E-state index is 11.9. The van der Waals surface area contributed by atoms with Gasteiger partial charge in [-0.25, -0.2) is 14.6 Å². The number of carbonyl (C=O) groups excluding carboxylic acids is 1. The molecule has 0 aliphatic rings. The number of carboxylic acid groups (broad SMARTS) is 1. The minimum Gasteiger partial charge on any atom is -0.478 e. The number of aromatic nitrogens is 2. The largest absolute Gasteiger partial charge is 0.478 e. The molecule has 0 saturated heterocycles. The number of hydrogen-bond acceptors (Lipinski definition) is 4. The average molecular weight is 287 g/mol. The monoisotopic (exact) mass is 287 g/mol. The summed E-state index contributed by atoms with van der Waals surface area (Å²) < 4.78 is 1.13. The Morgan fingerprint density at radius 1 is 1.38 bits per heavy atom. The summed E-state index contributed by atoms with van der Waals surface area (Å²) in [6, 6.07) is 6.21. The van der Waals surface area contributed by atoms with Crippen LogP contribution < -0.4 is 11.0 Å². The maximum Gasteiger partial charge on any atom is 0.347 e. The number of aryl methyl sites for hydroxylation is 1. The minimum absolute atomic E-state index is 0.00174. The van der Waals surface area contributed by atoms with Crippen LogP contribution in [0, 0.1) is 6.92 Å². The summed E-state index contributed by atoms with van der Waals surface area (Å²) in [5.74, 6) is -1.64. The van der Waals surface area contributed by atoms with Crippen molar-refractivity contribution in [3.05, 3.63) is 58.3 Å². The first-order valence-corrected chi connectivity index (χ1v) is 6.12. The van der Waals surface area contributed by atoms with Crippen LogP contribution in [0.15, 0.2) is 41.5 Å². The third-order valence-electron chi connectivity index (χ3n) is 2.78. The van der Waals surface area contributed by atoms with Crippen molar-refractivity contribution in [3.63, 3.8) is 0 Å². The standard InChI is InChI=1S/C14H13N3O4/c1-9-3-4-11(10(7-9)13(19)20)16-12(18)8-17-6-2-5-15-14(17)21/h2-7H,8H2,1H3,(H,16,18)(H,19,20). The lowest BCUT2D eigenvalue weighted by Crippen LogP contribution is -2.28. The third kappa shape index (κ3) is 3.53. The molecule has 2 aromatic rings. The van der Waals surface area contributed by atoms with Crippen molar-refractivity contribution in [2.45, 2.75) is 13.5 Å². The van der Waals surface area contributed by atoms with Gasteiger partial charge in [0.15, 0.2) is 0 Å². The van der Waals surface area contributed by atoms with Crippen LogP contribution in [0.2, 0.25) is 0 Å². The highest BCUT2D eigenvalue weighted by Crippen LogP contribution is 2.17. The summed E-state index contributed by atoms with van der Waals surface area (Å²) >= 11 is 0. The first-order chi connectivity index (χ1) is 9.97. The van der Waals surface area contributed by atoms with Gasteiger partial charge in [-0.3, -0.25) is 9.36 Å². The van der Waals surface area contributed by atoms with E-state index in [0.717, 1.165) is 10.1 Å². The van der Waals surface area contributed by atoms with Crippen molar-refractivity contribution in [3.8, 4) is 0 Å². The van der Waals surface area contributed by atoms with Crippen molar-refractivity contribution in [1.29, 1.82) is 0 Å². The third-order valence-corrected chi connectivity index (χ3v) is 2.78. The van der Waals surface area contributed by atoms with Crippen LogP contribution in [0.4, 0.5) is 5.69 Å². The highest BCUT2D eigenvalue weighted by atomic mass is 16.4. The summed E-state index contributed by atoms with van der Waals surface area (Å²) in [4.78, 5) is 38.0. The summed E-state index contributed by atoms with van der Waals surface area (Å²) in [6.45, 7) is 1.52. The first-order valence-electron chi connectivity index (χ1n) is 6.12. The Bertz CT molecular complexity index is 752. The van der Waals surface area contributed by atoms with Crippen LogP contribution in [0.1, 0.15) is 15.9 Å². The van der Waals surface area contributed by atoms with Crippen LogP contribution in [0.5, 0.6) is 0 Å². The van der Waals surface area contributed by atoms with E-state index in [1.165, 1.54) is 30.6 Å². The maximum absolute atomic E-state index is 11.9. The molecule has 0 aliphatic carbocycles. The Balaban J connectivity index is 2.19. The van der Waals surface area contributed by atoms with Crippen LogP contribution in [-0.2, 0) is 11.3 Å². The molecule has 7 nitrogen and oxygen atoms in total. The molecule has 1 heterocycles. The molecule has 0 unspecified atom stereocenters. The predicted octanol–water partition coefficient (Wildman–Crippen LogP) is 0.889. The summed E-state index contributed by atoms with van der Waals surface area (Å²) in [7, 11) is 0. The SMILES string of the molecule is Cc1ccc(NC(=O)Cn2cccnc2=O)c(C(=O)O)c1. The average Bonchev–Trinajstić information content (AvgIpc) is 2.43. The number of nitrogens with one attached hydrogen (secondary N) is 1. The molecule has 0 radical (unpaired) electrons. The predicted molar refractivity (Wildman–Crippen MR) is 75.3 cm³/mol. The van der Waals surface area contributed by atoms with Crippen LogP contribution in [-0.4, -0.2) is 26.5 Å². The van der Waals surface area contributed by atoms with Gasteiger partial charge in [0.05, 0.1) is 11.3 Å². The molecule has 2 rings (SSSR count). The van der Waals surface area contributed by atoms with Gasteiger partial charge in [0, 0.05) is 12.4 Å². The Kier molecular flexibility index (Phi) is 4.13. The molecule has 1 aromatic heterocycles. The quantitative estimate of drug-likeness (QED) is 0.869. The van der Waals surface area contributed by atoms with Gasteiger partial charge in [0.2, 0.25) is 5.91 Å². The van der Waals surface area contributed by atoms with Gasteiger partial charge in [-0.1, -0.05) is 11.6 Å². The number of anilines is 1. The van der Waals surface area contributed by atoms with Crippen molar-refractivity contribution in [1.82, 2.24) is 9.55 Å².